The molecule has 1 aliphatic heterocycles. The zero-order valence-electron chi connectivity index (χ0n) is 19.8. The lowest BCUT2D eigenvalue weighted by Crippen LogP contribution is -2.46. The van der Waals surface area contributed by atoms with Crippen molar-refractivity contribution in [3.63, 3.8) is 0 Å². The average molecular weight is 497 g/mol. The second kappa shape index (κ2) is 10.8. The van der Waals surface area contributed by atoms with E-state index in [0.29, 0.717) is 11.9 Å². The number of aromatic nitrogens is 2. The minimum absolute atomic E-state index is 0.126. The van der Waals surface area contributed by atoms with E-state index in [1.807, 2.05) is 12.1 Å². The van der Waals surface area contributed by atoms with Gasteiger partial charge in [0.2, 0.25) is 11.9 Å². The fraction of sp³-hybridized carbons (Fsp3) is 0.269. The summed E-state index contributed by atoms with van der Waals surface area (Å²) in [5, 5.41) is 5.28. The van der Waals surface area contributed by atoms with Crippen molar-refractivity contribution in [3.8, 4) is 0 Å². The first-order chi connectivity index (χ1) is 17.3. The van der Waals surface area contributed by atoms with Crippen LogP contribution in [0.2, 0.25) is 0 Å². The Bertz CT molecular complexity index is 1230. The number of carbonyl (C=O) groups excluding carboxylic acids is 1. The Kier molecular flexibility index (Phi) is 7.54. The number of hydrogen-bond donors (Lipinski definition) is 2. The molecule has 7 nitrogen and oxygen atoms in total. The van der Waals surface area contributed by atoms with Crippen LogP contribution in [0.5, 0.6) is 0 Å². The molecular formula is C26H27F3N6O. The summed E-state index contributed by atoms with van der Waals surface area (Å²) in [4.78, 5) is 23.8. The standard InChI is InChI=1S/C26H27F3N6O/c1-3-23(36)31-20-7-5-6-18(16-20)26(28,29)24-22(27)17-30-25(33-24)32-19-8-10-21(11-9-19)35-14-12-34(4-2)13-15-35/h3,5-11,16-17H,1,4,12-15H2,2H3,(H,31,36)(H,30,32,33). The monoisotopic (exact) mass is 496 g/mol. The number of alkyl halides is 2. The molecule has 0 bridgehead atoms. The Hall–Kier alpha value is -3.92. The van der Waals surface area contributed by atoms with Crippen LogP contribution in [0.3, 0.4) is 0 Å². The molecule has 1 amide bonds. The first-order valence-electron chi connectivity index (χ1n) is 11.6. The highest BCUT2D eigenvalue weighted by molar-refractivity contribution is 5.98. The minimum atomic E-state index is -3.77. The van der Waals surface area contributed by atoms with Crippen LogP contribution in [0, 0.1) is 5.82 Å². The van der Waals surface area contributed by atoms with Crippen molar-refractivity contribution in [2.24, 2.45) is 0 Å². The molecule has 0 atom stereocenters. The van der Waals surface area contributed by atoms with Gasteiger partial charge in [-0.05, 0) is 49.0 Å². The lowest BCUT2D eigenvalue weighted by molar-refractivity contribution is -0.111. The Morgan fingerprint density at radius 3 is 2.50 bits per heavy atom. The van der Waals surface area contributed by atoms with E-state index in [1.165, 1.54) is 12.1 Å². The summed E-state index contributed by atoms with van der Waals surface area (Å²) < 4.78 is 45.0. The highest BCUT2D eigenvalue weighted by Gasteiger charge is 2.39. The van der Waals surface area contributed by atoms with Crippen LogP contribution in [0.25, 0.3) is 0 Å². The van der Waals surface area contributed by atoms with E-state index in [1.54, 1.807) is 12.1 Å². The summed E-state index contributed by atoms with van der Waals surface area (Å²) in [6.45, 7) is 10.4. The highest BCUT2D eigenvalue weighted by Crippen LogP contribution is 2.37. The molecule has 0 unspecified atom stereocenters. The maximum Gasteiger partial charge on any atom is 0.318 e. The van der Waals surface area contributed by atoms with Crippen molar-refractivity contribution in [2.45, 2.75) is 12.8 Å². The third-order valence-electron chi connectivity index (χ3n) is 6.03. The molecule has 188 valence electrons. The molecule has 2 aromatic carbocycles. The van der Waals surface area contributed by atoms with Crippen molar-refractivity contribution in [3.05, 3.63) is 84.5 Å². The first-order valence-corrected chi connectivity index (χ1v) is 11.6. The van der Waals surface area contributed by atoms with Crippen LogP contribution >= 0.6 is 0 Å². The van der Waals surface area contributed by atoms with Gasteiger partial charge in [-0.3, -0.25) is 4.79 Å². The molecular weight excluding hydrogens is 469 g/mol. The van der Waals surface area contributed by atoms with E-state index in [2.05, 4.69) is 43.9 Å². The first kappa shape index (κ1) is 25.2. The van der Waals surface area contributed by atoms with Crippen LogP contribution in [0.15, 0.2) is 67.4 Å². The summed E-state index contributed by atoms with van der Waals surface area (Å²) >= 11 is 0. The van der Waals surface area contributed by atoms with Gasteiger partial charge >= 0.3 is 5.92 Å². The van der Waals surface area contributed by atoms with Crippen molar-refractivity contribution in [2.75, 3.05) is 48.3 Å². The van der Waals surface area contributed by atoms with Gasteiger partial charge in [-0.15, -0.1) is 0 Å². The molecule has 2 N–H and O–H groups in total. The van der Waals surface area contributed by atoms with Crippen LogP contribution in [0.4, 0.5) is 36.2 Å². The molecule has 4 rings (SSSR count). The van der Waals surface area contributed by atoms with Crippen LogP contribution in [-0.2, 0) is 10.7 Å². The Labute approximate surface area is 207 Å². The van der Waals surface area contributed by atoms with E-state index in [4.69, 9.17) is 0 Å². The van der Waals surface area contributed by atoms with Crippen molar-refractivity contribution >= 4 is 28.9 Å². The zero-order valence-corrected chi connectivity index (χ0v) is 19.8. The number of benzene rings is 2. The van der Waals surface area contributed by atoms with Gasteiger partial charge in [0.05, 0.1) is 6.20 Å². The van der Waals surface area contributed by atoms with E-state index in [0.717, 1.165) is 56.6 Å². The third kappa shape index (κ3) is 5.65. The molecule has 1 aromatic heterocycles. The molecule has 0 spiro atoms. The maximum absolute atomic E-state index is 15.3. The molecule has 10 heteroatoms. The van der Waals surface area contributed by atoms with Gasteiger partial charge in [-0.25, -0.2) is 14.4 Å². The maximum atomic E-state index is 15.3. The number of anilines is 4. The second-order valence-corrected chi connectivity index (χ2v) is 8.33. The number of rotatable bonds is 8. The van der Waals surface area contributed by atoms with Gasteiger partial charge in [0.15, 0.2) is 11.5 Å². The highest BCUT2D eigenvalue weighted by atomic mass is 19.3. The lowest BCUT2D eigenvalue weighted by atomic mass is 10.0. The quantitative estimate of drug-likeness (QED) is 0.438. The number of likely N-dealkylation sites (N-methyl/N-ethyl adjacent to an activating group) is 1. The van der Waals surface area contributed by atoms with Crippen molar-refractivity contribution in [1.29, 1.82) is 0 Å². The summed E-state index contributed by atoms with van der Waals surface area (Å²) in [7, 11) is 0. The number of nitrogens with zero attached hydrogens (tertiary/aromatic N) is 4. The molecule has 1 fully saturated rings. The summed E-state index contributed by atoms with van der Waals surface area (Å²) in [5.74, 6) is -5.73. The number of carbonyl (C=O) groups is 1. The van der Waals surface area contributed by atoms with Crippen molar-refractivity contribution in [1.82, 2.24) is 14.9 Å². The number of nitrogens with one attached hydrogen (secondary N) is 2. The minimum Gasteiger partial charge on any atom is -0.369 e. The number of amides is 1. The normalized spacial score (nSPS) is 14.4. The van der Waals surface area contributed by atoms with Crippen LogP contribution < -0.4 is 15.5 Å². The lowest BCUT2D eigenvalue weighted by Gasteiger charge is -2.35. The molecule has 0 radical (unpaired) electrons. The molecule has 0 saturated carbocycles. The number of halogens is 3. The van der Waals surface area contributed by atoms with E-state index < -0.39 is 28.9 Å². The van der Waals surface area contributed by atoms with Crippen molar-refractivity contribution < 1.29 is 18.0 Å². The van der Waals surface area contributed by atoms with E-state index >= 15 is 8.78 Å². The van der Waals surface area contributed by atoms with Gasteiger partial charge in [0, 0.05) is 48.8 Å². The topological polar surface area (TPSA) is 73.4 Å². The van der Waals surface area contributed by atoms with Crippen LogP contribution in [0.1, 0.15) is 18.2 Å². The van der Waals surface area contributed by atoms with Gasteiger partial charge in [0.1, 0.15) is 0 Å². The summed E-state index contributed by atoms with van der Waals surface area (Å²) in [6.07, 6.45) is 1.73. The van der Waals surface area contributed by atoms with Gasteiger partial charge in [0.25, 0.3) is 0 Å². The Morgan fingerprint density at radius 2 is 1.83 bits per heavy atom. The molecule has 36 heavy (non-hydrogen) atoms. The fourth-order valence-electron chi connectivity index (χ4n) is 3.98. The molecule has 1 aliphatic rings. The predicted molar refractivity (Wildman–Crippen MR) is 134 cm³/mol. The fourth-order valence-corrected chi connectivity index (χ4v) is 3.98. The van der Waals surface area contributed by atoms with Gasteiger partial charge in [-0.1, -0.05) is 25.6 Å². The number of hydrogen-bond acceptors (Lipinski definition) is 6. The smallest absolute Gasteiger partial charge is 0.318 e. The summed E-state index contributed by atoms with van der Waals surface area (Å²) in [5.41, 5.74) is 0.173. The number of piperazine rings is 1. The molecule has 3 aromatic rings. The Morgan fingerprint density at radius 1 is 1.11 bits per heavy atom. The largest absolute Gasteiger partial charge is 0.369 e. The molecule has 2 heterocycles. The Balaban J connectivity index is 1.51. The molecule has 0 aliphatic carbocycles. The van der Waals surface area contributed by atoms with Gasteiger partial charge < -0.3 is 20.4 Å². The third-order valence-corrected chi connectivity index (χ3v) is 6.03. The SMILES string of the molecule is C=CC(=O)Nc1cccc(C(F)(F)c2nc(Nc3ccc(N4CCN(CC)CC4)cc3)ncc2F)c1. The second-order valence-electron chi connectivity index (χ2n) is 8.33. The van der Waals surface area contributed by atoms with E-state index in [9.17, 15) is 9.18 Å². The predicted octanol–water partition coefficient (Wildman–Crippen LogP) is 4.77. The van der Waals surface area contributed by atoms with Gasteiger partial charge in [-0.2, -0.15) is 8.78 Å². The average Bonchev–Trinajstić information content (AvgIpc) is 2.90. The molecule has 1 saturated heterocycles. The summed E-state index contributed by atoms with van der Waals surface area (Å²) in [6, 6.07) is 12.5. The van der Waals surface area contributed by atoms with E-state index in [-0.39, 0.29) is 11.6 Å². The van der Waals surface area contributed by atoms with Crippen LogP contribution in [-0.4, -0.2) is 53.5 Å². The zero-order chi connectivity index (χ0) is 25.7.